The molecule has 0 saturated heterocycles. The summed E-state index contributed by atoms with van der Waals surface area (Å²) in [6, 6.07) is 0. The van der Waals surface area contributed by atoms with Crippen molar-refractivity contribution in [2.75, 3.05) is 13.2 Å². The van der Waals surface area contributed by atoms with Gasteiger partial charge in [0.15, 0.2) is 6.61 Å². The molecule has 0 heterocycles. The molecule has 0 aromatic heterocycles. The minimum atomic E-state index is -0.606. The molecule has 0 aliphatic rings. The van der Waals surface area contributed by atoms with Crippen molar-refractivity contribution in [3.63, 3.8) is 0 Å². The Hall–Kier alpha value is -1.17. The molecule has 0 fully saturated rings. The Labute approximate surface area is 137 Å². The van der Waals surface area contributed by atoms with Crippen molar-refractivity contribution in [1.29, 1.82) is 0 Å². The maximum absolute atomic E-state index is 11.1. The van der Waals surface area contributed by atoms with Crippen LogP contribution in [0, 0.1) is 11.8 Å². The molecule has 0 amide bonds. The van der Waals surface area contributed by atoms with Gasteiger partial charge in [-0.2, -0.15) is 0 Å². The van der Waals surface area contributed by atoms with Crippen molar-refractivity contribution in [3.8, 4) is 11.8 Å². The first-order valence-corrected chi connectivity index (χ1v) is 9.00. The molecule has 3 heteroatoms. The van der Waals surface area contributed by atoms with Gasteiger partial charge in [-0.05, 0) is 13.3 Å². The first kappa shape index (κ1) is 20.8. The van der Waals surface area contributed by atoms with E-state index in [1.165, 1.54) is 64.2 Å². The summed E-state index contributed by atoms with van der Waals surface area (Å²) in [5.74, 6) is 5.31. The summed E-state index contributed by atoms with van der Waals surface area (Å²) in [5.41, 5.74) is 0. The molecule has 0 aliphatic heterocycles. The van der Waals surface area contributed by atoms with Gasteiger partial charge in [-0.1, -0.05) is 83.5 Å². The fourth-order valence-corrected chi connectivity index (χ4v) is 2.31. The molecular weight excluding hydrogens is 276 g/mol. The van der Waals surface area contributed by atoms with E-state index < -0.39 is 6.16 Å². The van der Waals surface area contributed by atoms with E-state index in [1.54, 1.807) is 6.92 Å². The lowest BCUT2D eigenvalue weighted by Gasteiger charge is -2.04. The largest absolute Gasteiger partial charge is 0.509 e. The van der Waals surface area contributed by atoms with Crippen molar-refractivity contribution in [3.05, 3.63) is 0 Å². The summed E-state index contributed by atoms with van der Waals surface area (Å²) in [7, 11) is 0. The lowest BCUT2D eigenvalue weighted by atomic mass is 10.1. The van der Waals surface area contributed by atoms with E-state index in [2.05, 4.69) is 18.8 Å². The van der Waals surface area contributed by atoms with E-state index in [1.807, 2.05) is 0 Å². The molecule has 0 spiro atoms. The molecule has 0 saturated carbocycles. The van der Waals surface area contributed by atoms with Crippen molar-refractivity contribution < 1.29 is 14.3 Å². The molecular formula is C19H34O3. The molecule has 0 N–H and O–H groups in total. The summed E-state index contributed by atoms with van der Waals surface area (Å²) in [5, 5.41) is 0. The molecule has 0 unspecified atom stereocenters. The number of ether oxygens (including phenoxy) is 2. The summed E-state index contributed by atoms with van der Waals surface area (Å²) in [4.78, 5) is 11.1. The Balaban J connectivity index is 3.10. The van der Waals surface area contributed by atoms with Crippen molar-refractivity contribution >= 4 is 6.16 Å². The Morgan fingerprint density at radius 3 is 1.77 bits per heavy atom. The van der Waals surface area contributed by atoms with E-state index in [0.717, 1.165) is 12.8 Å². The van der Waals surface area contributed by atoms with Gasteiger partial charge < -0.3 is 9.47 Å². The normalized spacial score (nSPS) is 9.91. The van der Waals surface area contributed by atoms with Crippen LogP contribution in [0.1, 0.15) is 90.9 Å². The highest BCUT2D eigenvalue weighted by Crippen LogP contribution is 2.11. The zero-order valence-corrected chi connectivity index (χ0v) is 14.6. The second-order valence-corrected chi connectivity index (χ2v) is 5.70. The Morgan fingerprint density at radius 1 is 0.773 bits per heavy atom. The van der Waals surface area contributed by atoms with Crippen molar-refractivity contribution in [1.82, 2.24) is 0 Å². The average molecular weight is 310 g/mol. The molecule has 0 rings (SSSR count). The van der Waals surface area contributed by atoms with Crippen LogP contribution in [0.2, 0.25) is 0 Å². The first-order valence-electron chi connectivity index (χ1n) is 9.00. The van der Waals surface area contributed by atoms with Crippen LogP contribution >= 0.6 is 0 Å². The molecule has 0 atom stereocenters. The van der Waals surface area contributed by atoms with Crippen molar-refractivity contribution in [2.24, 2.45) is 0 Å². The molecule has 3 nitrogen and oxygen atoms in total. The summed E-state index contributed by atoms with van der Waals surface area (Å²) >= 11 is 0. The van der Waals surface area contributed by atoms with Crippen LogP contribution in [-0.2, 0) is 9.47 Å². The van der Waals surface area contributed by atoms with Crippen LogP contribution in [0.3, 0.4) is 0 Å². The van der Waals surface area contributed by atoms with E-state index in [-0.39, 0.29) is 6.61 Å². The Bertz CT molecular complexity index is 302. The Morgan fingerprint density at radius 2 is 1.27 bits per heavy atom. The molecule has 0 aromatic carbocycles. The second kappa shape index (κ2) is 17.9. The van der Waals surface area contributed by atoms with Gasteiger partial charge in [0.2, 0.25) is 0 Å². The number of hydrogen-bond donors (Lipinski definition) is 0. The highest BCUT2D eigenvalue weighted by atomic mass is 16.7. The maximum Gasteiger partial charge on any atom is 0.509 e. The highest BCUT2D eigenvalue weighted by molar-refractivity contribution is 5.60. The number of rotatable bonds is 14. The van der Waals surface area contributed by atoms with Crippen molar-refractivity contribution in [2.45, 2.75) is 90.9 Å². The second-order valence-electron chi connectivity index (χ2n) is 5.70. The van der Waals surface area contributed by atoms with Crippen LogP contribution in [-0.4, -0.2) is 19.4 Å². The SMILES string of the molecule is CC#CCOC(=O)OCCCCCCCCCCCCCC. The standard InChI is InChI=1S/C19H34O3/c1-3-5-7-8-9-10-11-12-13-14-15-16-18-22-19(20)21-17-6-4-2/h3,5,7-18H2,1-2H3. The average Bonchev–Trinajstić information content (AvgIpc) is 2.52. The monoisotopic (exact) mass is 310 g/mol. The number of hydrogen-bond acceptors (Lipinski definition) is 3. The van der Waals surface area contributed by atoms with E-state index in [9.17, 15) is 4.79 Å². The molecule has 128 valence electrons. The van der Waals surface area contributed by atoms with Crippen LogP contribution in [0.25, 0.3) is 0 Å². The van der Waals surface area contributed by atoms with Gasteiger partial charge in [0.25, 0.3) is 0 Å². The van der Waals surface area contributed by atoms with Crippen LogP contribution in [0.5, 0.6) is 0 Å². The first-order chi connectivity index (χ1) is 10.8. The van der Waals surface area contributed by atoms with Gasteiger partial charge in [0.05, 0.1) is 6.61 Å². The molecule has 0 radical (unpaired) electrons. The predicted octanol–water partition coefficient (Wildman–Crippen LogP) is 5.86. The number of carbonyl (C=O) groups is 1. The zero-order valence-electron chi connectivity index (χ0n) is 14.6. The van der Waals surface area contributed by atoms with Gasteiger partial charge in [0.1, 0.15) is 0 Å². The maximum atomic E-state index is 11.1. The van der Waals surface area contributed by atoms with Crippen LogP contribution < -0.4 is 0 Å². The molecule has 22 heavy (non-hydrogen) atoms. The van der Waals surface area contributed by atoms with Gasteiger partial charge in [-0.3, -0.25) is 0 Å². The lowest BCUT2D eigenvalue weighted by molar-refractivity contribution is 0.0632. The summed E-state index contributed by atoms with van der Waals surface area (Å²) in [6.45, 7) is 4.54. The quantitative estimate of drug-likeness (QED) is 0.229. The predicted molar refractivity (Wildman–Crippen MR) is 91.8 cm³/mol. The fraction of sp³-hybridized carbons (Fsp3) is 0.842. The highest BCUT2D eigenvalue weighted by Gasteiger charge is 2.01. The number of unbranched alkanes of at least 4 members (excludes halogenated alkanes) is 11. The Kier molecular flexibility index (Phi) is 16.9. The molecule has 0 aliphatic carbocycles. The minimum Gasteiger partial charge on any atom is -0.434 e. The number of carbonyl (C=O) groups excluding carboxylic acids is 1. The lowest BCUT2D eigenvalue weighted by Crippen LogP contribution is -2.08. The zero-order chi connectivity index (χ0) is 16.3. The topological polar surface area (TPSA) is 35.5 Å². The molecule has 0 bridgehead atoms. The van der Waals surface area contributed by atoms with E-state index in [4.69, 9.17) is 9.47 Å². The van der Waals surface area contributed by atoms with Gasteiger partial charge in [0, 0.05) is 0 Å². The van der Waals surface area contributed by atoms with E-state index in [0.29, 0.717) is 6.61 Å². The van der Waals surface area contributed by atoms with Gasteiger partial charge in [-0.25, -0.2) is 4.79 Å². The minimum absolute atomic E-state index is 0.119. The van der Waals surface area contributed by atoms with E-state index >= 15 is 0 Å². The van der Waals surface area contributed by atoms with Crippen LogP contribution in [0.4, 0.5) is 4.79 Å². The molecule has 0 aromatic rings. The summed E-state index contributed by atoms with van der Waals surface area (Å²) < 4.78 is 9.71. The fourth-order valence-electron chi connectivity index (χ4n) is 2.31. The third-order valence-electron chi connectivity index (χ3n) is 3.66. The third-order valence-corrected chi connectivity index (χ3v) is 3.66. The van der Waals surface area contributed by atoms with Gasteiger partial charge in [-0.15, -0.1) is 5.92 Å². The summed E-state index contributed by atoms with van der Waals surface area (Å²) in [6.07, 6.45) is 15.0. The third kappa shape index (κ3) is 16.9. The van der Waals surface area contributed by atoms with Crippen LogP contribution in [0.15, 0.2) is 0 Å². The smallest absolute Gasteiger partial charge is 0.434 e. The van der Waals surface area contributed by atoms with Gasteiger partial charge >= 0.3 is 6.16 Å².